The predicted molar refractivity (Wildman–Crippen MR) is 115 cm³/mol. The average Bonchev–Trinajstić information content (AvgIpc) is 2.72. The smallest absolute Gasteiger partial charge is 0.338 e. The molecule has 0 aliphatic rings. The molecule has 0 aromatic heterocycles. The van der Waals surface area contributed by atoms with Crippen molar-refractivity contribution < 1.29 is 23.5 Å². The number of benzene rings is 2. The first-order valence-electron chi connectivity index (χ1n) is 9.64. The van der Waals surface area contributed by atoms with E-state index >= 15 is 0 Å². The van der Waals surface area contributed by atoms with Crippen molar-refractivity contribution in [3.05, 3.63) is 70.0 Å². The van der Waals surface area contributed by atoms with Gasteiger partial charge in [0, 0.05) is 36.8 Å². The van der Waals surface area contributed by atoms with Crippen LogP contribution in [0.5, 0.6) is 0 Å². The monoisotopic (exact) mass is 449 g/mol. The van der Waals surface area contributed by atoms with Crippen LogP contribution in [0.15, 0.2) is 42.5 Å². The van der Waals surface area contributed by atoms with Gasteiger partial charge in [0.05, 0.1) is 5.56 Å². The number of halogens is 2. The van der Waals surface area contributed by atoms with Crippen molar-refractivity contribution in [3.63, 3.8) is 0 Å². The van der Waals surface area contributed by atoms with Crippen LogP contribution in [0, 0.1) is 5.82 Å². The van der Waals surface area contributed by atoms with E-state index in [0.717, 1.165) is 5.56 Å². The standard InChI is InChI=1S/C22H25ClFN3O4/c1-14(2)26-22(30)25-11-15-7-9-16(10-8-15)21(29)31-13-20(28)27(3)12-17-18(23)5-4-6-19(17)24/h4-10,14H,11-13H2,1-3H3,(H2,25,26,30). The number of hydrogen-bond donors (Lipinski definition) is 2. The van der Waals surface area contributed by atoms with Crippen LogP contribution in [0.4, 0.5) is 9.18 Å². The van der Waals surface area contributed by atoms with Gasteiger partial charge in [0.25, 0.3) is 5.91 Å². The third kappa shape index (κ3) is 7.57. The summed E-state index contributed by atoms with van der Waals surface area (Å²) in [6, 6.07) is 10.5. The second-order valence-electron chi connectivity index (χ2n) is 7.20. The zero-order valence-electron chi connectivity index (χ0n) is 17.6. The Morgan fingerprint density at radius 2 is 1.81 bits per heavy atom. The summed E-state index contributed by atoms with van der Waals surface area (Å²) in [5, 5.41) is 5.63. The van der Waals surface area contributed by atoms with Crippen LogP contribution in [-0.4, -0.2) is 42.5 Å². The Morgan fingerprint density at radius 1 is 1.13 bits per heavy atom. The molecule has 2 aromatic carbocycles. The maximum absolute atomic E-state index is 13.9. The number of rotatable bonds is 8. The van der Waals surface area contributed by atoms with Gasteiger partial charge in [0.2, 0.25) is 0 Å². The van der Waals surface area contributed by atoms with E-state index in [0.29, 0.717) is 6.54 Å². The Kier molecular flexibility index (Phi) is 8.81. The van der Waals surface area contributed by atoms with Gasteiger partial charge in [0.1, 0.15) is 5.82 Å². The lowest BCUT2D eigenvalue weighted by molar-refractivity contribution is -0.133. The summed E-state index contributed by atoms with van der Waals surface area (Å²) in [5.74, 6) is -1.67. The first-order valence-corrected chi connectivity index (χ1v) is 10.0. The molecule has 0 aliphatic heterocycles. The molecule has 3 amide bonds. The minimum Gasteiger partial charge on any atom is -0.452 e. The summed E-state index contributed by atoms with van der Waals surface area (Å²) < 4.78 is 18.9. The second-order valence-corrected chi connectivity index (χ2v) is 7.61. The number of nitrogens with one attached hydrogen (secondary N) is 2. The SMILES string of the molecule is CC(C)NC(=O)NCc1ccc(C(=O)OCC(=O)N(C)Cc2c(F)cccc2Cl)cc1. The van der Waals surface area contributed by atoms with E-state index in [1.165, 1.54) is 30.1 Å². The zero-order chi connectivity index (χ0) is 23.0. The molecule has 2 N–H and O–H groups in total. The maximum Gasteiger partial charge on any atom is 0.338 e. The minimum atomic E-state index is -0.664. The Balaban J connectivity index is 1.83. The maximum atomic E-state index is 13.9. The number of ether oxygens (including phenoxy) is 1. The molecule has 0 radical (unpaired) electrons. The Labute approximate surface area is 185 Å². The number of likely N-dealkylation sites (N-methyl/N-ethyl adjacent to an activating group) is 1. The molecule has 0 saturated heterocycles. The average molecular weight is 450 g/mol. The molecule has 0 spiro atoms. The summed E-state index contributed by atoms with van der Waals surface area (Å²) in [4.78, 5) is 37.2. The second kappa shape index (κ2) is 11.3. The summed E-state index contributed by atoms with van der Waals surface area (Å²) in [6.07, 6.45) is 0. The van der Waals surface area contributed by atoms with E-state index in [1.807, 2.05) is 13.8 Å². The fraction of sp³-hybridized carbons (Fsp3) is 0.318. The highest BCUT2D eigenvalue weighted by Gasteiger charge is 2.17. The molecule has 0 heterocycles. The molecule has 0 bridgehead atoms. The molecule has 0 aliphatic carbocycles. The van der Waals surface area contributed by atoms with Crippen molar-refractivity contribution >= 4 is 29.5 Å². The van der Waals surface area contributed by atoms with Crippen molar-refractivity contribution in [1.29, 1.82) is 0 Å². The van der Waals surface area contributed by atoms with Gasteiger partial charge in [-0.1, -0.05) is 29.8 Å². The van der Waals surface area contributed by atoms with E-state index in [-0.39, 0.29) is 34.8 Å². The third-order valence-electron chi connectivity index (χ3n) is 4.27. The molecule has 2 rings (SSSR count). The predicted octanol–water partition coefficient (Wildman–Crippen LogP) is 3.50. The molecular weight excluding hydrogens is 425 g/mol. The third-order valence-corrected chi connectivity index (χ3v) is 4.63. The van der Waals surface area contributed by atoms with Gasteiger partial charge >= 0.3 is 12.0 Å². The van der Waals surface area contributed by atoms with Crippen molar-refractivity contribution in [2.75, 3.05) is 13.7 Å². The quantitative estimate of drug-likeness (QED) is 0.604. The highest BCUT2D eigenvalue weighted by atomic mass is 35.5. The van der Waals surface area contributed by atoms with E-state index in [2.05, 4.69) is 10.6 Å². The van der Waals surface area contributed by atoms with Crippen LogP contribution in [0.2, 0.25) is 5.02 Å². The highest BCUT2D eigenvalue weighted by Crippen LogP contribution is 2.20. The zero-order valence-corrected chi connectivity index (χ0v) is 18.3. The molecule has 7 nitrogen and oxygen atoms in total. The van der Waals surface area contributed by atoms with Crippen LogP contribution in [-0.2, 0) is 22.6 Å². The van der Waals surface area contributed by atoms with Crippen molar-refractivity contribution in [2.24, 2.45) is 0 Å². The van der Waals surface area contributed by atoms with Crippen LogP contribution in [0.25, 0.3) is 0 Å². The fourth-order valence-corrected chi connectivity index (χ4v) is 2.81. The van der Waals surface area contributed by atoms with Crippen molar-refractivity contribution in [1.82, 2.24) is 15.5 Å². The summed E-state index contributed by atoms with van der Waals surface area (Å²) >= 11 is 5.97. The number of carbonyl (C=O) groups is 3. The first-order chi connectivity index (χ1) is 14.7. The molecule has 0 saturated carbocycles. The van der Waals surface area contributed by atoms with Gasteiger partial charge in [0.15, 0.2) is 6.61 Å². The molecule has 31 heavy (non-hydrogen) atoms. The van der Waals surface area contributed by atoms with Gasteiger partial charge < -0.3 is 20.3 Å². The number of carbonyl (C=O) groups excluding carboxylic acids is 3. The summed E-state index contributed by atoms with van der Waals surface area (Å²) in [6.45, 7) is 3.49. The van der Waals surface area contributed by atoms with Gasteiger partial charge in [-0.05, 0) is 43.7 Å². The molecule has 2 aromatic rings. The van der Waals surface area contributed by atoms with Gasteiger partial charge in [-0.2, -0.15) is 0 Å². The largest absolute Gasteiger partial charge is 0.452 e. The first kappa shape index (κ1) is 24.1. The Morgan fingerprint density at radius 3 is 2.42 bits per heavy atom. The molecule has 0 unspecified atom stereocenters. The van der Waals surface area contributed by atoms with E-state index in [4.69, 9.17) is 16.3 Å². The van der Waals surface area contributed by atoms with Crippen LogP contribution < -0.4 is 10.6 Å². The number of nitrogens with zero attached hydrogens (tertiary/aromatic N) is 1. The normalized spacial score (nSPS) is 10.5. The lowest BCUT2D eigenvalue weighted by Crippen LogP contribution is -2.39. The van der Waals surface area contributed by atoms with Crippen molar-refractivity contribution in [3.8, 4) is 0 Å². The molecular formula is C22H25ClFN3O4. The lowest BCUT2D eigenvalue weighted by Gasteiger charge is -2.18. The molecule has 166 valence electrons. The van der Waals surface area contributed by atoms with Crippen LogP contribution in [0.1, 0.15) is 35.3 Å². The topological polar surface area (TPSA) is 87.7 Å². The van der Waals surface area contributed by atoms with Gasteiger partial charge in [-0.3, -0.25) is 4.79 Å². The fourth-order valence-electron chi connectivity index (χ4n) is 2.58. The number of hydrogen-bond acceptors (Lipinski definition) is 4. The molecule has 0 atom stereocenters. The van der Waals surface area contributed by atoms with E-state index < -0.39 is 24.3 Å². The number of amides is 3. The molecule has 9 heteroatoms. The number of urea groups is 1. The Hall–Kier alpha value is -3.13. The van der Waals surface area contributed by atoms with E-state index in [9.17, 15) is 18.8 Å². The summed E-state index contributed by atoms with van der Waals surface area (Å²) in [5.41, 5.74) is 1.26. The van der Waals surface area contributed by atoms with Crippen LogP contribution >= 0.6 is 11.6 Å². The minimum absolute atomic E-state index is 0.0302. The highest BCUT2D eigenvalue weighted by molar-refractivity contribution is 6.31. The summed E-state index contributed by atoms with van der Waals surface area (Å²) in [7, 11) is 1.47. The van der Waals surface area contributed by atoms with Gasteiger partial charge in [-0.25, -0.2) is 14.0 Å². The lowest BCUT2D eigenvalue weighted by atomic mass is 10.1. The van der Waals surface area contributed by atoms with Crippen LogP contribution in [0.3, 0.4) is 0 Å². The molecule has 0 fully saturated rings. The Bertz CT molecular complexity index is 915. The van der Waals surface area contributed by atoms with E-state index in [1.54, 1.807) is 24.3 Å². The van der Waals surface area contributed by atoms with Crippen molar-refractivity contribution in [2.45, 2.75) is 33.0 Å². The number of esters is 1. The van der Waals surface area contributed by atoms with Gasteiger partial charge in [-0.15, -0.1) is 0 Å².